The van der Waals surface area contributed by atoms with Gasteiger partial charge in [0.15, 0.2) is 5.82 Å². The summed E-state index contributed by atoms with van der Waals surface area (Å²) in [4.78, 5) is 15.6. The maximum atomic E-state index is 5.42. The highest BCUT2D eigenvalue weighted by molar-refractivity contribution is 6.14. The number of aromatic nitrogens is 6. The molecular weight excluding hydrogens is 925 g/mol. The van der Waals surface area contributed by atoms with Crippen LogP contribution in [0.1, 0.15) is 5.82 Å². The lowest BCUT2D eigenvalue weighted by Gasteiger charge is -2.13. The molecule has 0 fully saturated rings. The molecule has 0 aliphatic carbocycles. The third-order valence-electron chi connectivity index (χ3n) is 15.2. The van der Waals surface area contributed by atoms with E-state index in [9.17, 15) is 0 Å². The van der Waals surface area contributed by atoms with E-state index in [-0.39, 0.29) is 0 Å². The molecule has 0 amide bonds. The zero-order chi connectivity index (χ0) is 50.3. The number of aryl methyl sites for hydroxylation is 1. The minimum atomic E-state index is 0.564. The zero-order valence-electron chi connectivity index (χ0n) is 41.5. The molecule has 0 radical (unpaired) electrons. The van der Waals surface area contributed by atoms with E-state index in [4.69, 9.17) is 15.0 Å². The predicted molar refractivity (Wildman–Crippen MR) is 315 cm³/mol. The molecule has 0 saturated carbocycles. The Balaban J connectivity index is 0.924. The fraction of sp³-hybridized carbons (Fsp3) is 0.0143. The van der Waals surface area contributed by atoms with Crippen molar-refractivity contribution in [2.24, 2.45) is 0 Å². The van der Waals surface area contributed by atoms with Crippen LogP contribution in [0.5, 0.6) is 0 Å². The topological polar surface area (TPSA) is 53.5 Å². The van der Waals surface area contributed by atoms with Crippen LogP contribution in [0.2, 0.25) is 0 Å². The second-order valence-electron chi connectivity index (χ2n) is 19.6. The van der Waals surface area contributed by atoms with E-state index in [0.29, 0.717) is 17.6 Å². The summed E-state index contributed by atoms with van der Waals surface area (Å²) in [6.45, 7) is 1.97. The Labute approximate surface area is 438 Å². The molecule has 15 rings (SSSR count). The van der Waals surface area contributed by atoms with Gasteiger partial charge in [0.05, 0.1) is 33.1 Å². The molecule has 0 aliphatic rings. The summed E-state index contributed by atoms with van der Waals surface area (Å²) in [6.07, 6.45) is 0. The van der Waals surface area contributed by atoms with Crippen LogP contribution in [0.15, 0.2) is 261 Å². The normalized spacial score (nSPS) is 11.8. The van der Waals surface area contributed by atoms with Gasteiger partial charge in [-0.25, -0.2) is 4.98 Å². The molecule has 4 heterocycles. The molecule has 0 saturated heterocycles. The zero-order valence-corrected chi connectivity index (χ0v) is 41.5. The largest absolute Gasteiger partial charge is 0.309 e. The highest BCUT2D eigenvalue weighted by Crippen LogP contribution is 2.41. The van der Waals surface area contributed by atoms with Crippen molar-refractivity contribution in [2.45, 2.75) is 6.92 Å². The monoisotopic (exact) mass is 970 g/mol. The summed E-state index contributed by atoms with van der Waals surface area (Å²) < 4.78 is 6.99. The lowest BCUT2D eigenvalue weighted by Crippen LogP contribution is -2.06. The first-order valence-corrected chi connectivity index (χ1v) is 25.8. The summed E-state index contributed by atoms with van der Waals surface area (Å²) in [5.74, 6) is 1.82. The Kier molecular flexibility index (Phi) is 10.0. The molecule has 11 aromatic carbocycles. The van der Waals surface area contributed by atoms with E-state index >= 15 is 0 Å². The van der Waals surface area contributed by atoms with Gasteiger partial charge in [-0.2, -0.15) is 9.97 Å². The molecule has 15 aromatic rings. The molecule has 0 unspecified atom stereocenters. The average Bonchev–Trinajstić information content (AvgIpc) is 4.13. The molecule has 76 heavy (non-hydrogen) atoms. The third-order valence-corrected chi connectivity index (χ3v) is 15.2. The Hall–Kier alpha value is -10.2. The highest BCUT2D eigenvalue weighted by atomic mass is 15.2. The molecule has 0 atom stereocenters. The van der Waals surface area contributed by atoms with Gasteiger partial charge in [-0.3, -0.25) is 4.57 Å². The van der Waals surface area contributed by atoms with Gasteiger partial charge in [0.25, 0.3) is 0 Å². The number of rotatable bonds is 8. The van der Waals surface area contributed by atoms with E-state index in [1.54, 1.807) is 0 Å². The maximum absolute atomic E-state index is 5.42. The lowest BCUT2D eigenvalue weighted by atomic mass is 9.94. The van der Waals surface area contributed by atoms with Crippen molar-refractivity contribution in [3.63, 3.8) is 0 Å². The number of fused-ring (bicyclic) bond motifs is 9. The Bertz CT molecular complexity index is 4540. The van der Waals surface area contributed by atoms with Gasteiger partial charge in [0, 0.05) is 49.3 Å². The molecule has 0 bridgehead atoms. The van der Waals surface area contributed by atoms with E-state index in [2.05, 4.69) is 275 Å². The van der Waals surface area contributed by atoms with Crippen LogP contribution in [0.4, 0.5) is 0 Å². The second-order valence-corrected chi connectivity index (χ2v) is 19.6. The van der Waals surface area contributed by atoms with E-state index in [1.165, 1.54) is 54.7 Å². The summed E-state index contributed by atoms with van der Waals surface area (Å²) in [5.41, 5.74) is 19.0. The first-order chi connectivity index (χ1) is 37.6. The number of para-hydroxylation sites is 4. The summed E-state index contributed by atoms with van der Waals surface area (Å²) in [5, 5.41) is 7.08. The van der Waals surface area contributed by atoms with Crippen LogP contribution in [-0.2, 0) is 0 Å². The van der Waals surface area contributed by atoms with E-state index in [1.807, 2.05) is 6.92 Å². The molecule has 0 aliphatic heterocycles. The summed E-state index contributed by atoms with van der Waals surface area (Å²) in [6, 6.07) is 93.9. The maximum Gasteiger partial charge on any atom is 0.238 e. The van der Waals surface area contributed by atoms with Crippen molar-refractivity contribution in [3.05, 3.63) is 267 Å². The van der Waals surface area contributed by atoms with E-state index < -0.39 is 0 Å². The van der Waals surface area contributed by atoms with Gasteiger partial charge in [0.2, 0.25) is 5.95 Å². The number of nitrogens with zero attached hydrogens (tertiary/aromatic N) is 6. The predicted octanol–water partition coefficient (Wildman–Crippen LogP) is 17.8. The van der Waals surface area contributed by atoms with Gasteiger partial charge in [0.1, 0.15) is 5.82 Å². The molecule has 4 aromatic heterocycles. The number of benzene rings is 11. The standard InChI is InChI=1S/C70H46N6/c1-45-71-69(52-21-17-20-51(40-52)56-27-12-11-26-55(56)46-18-5-2-6-19-46)73-70(72-45)76-67-43-49(47-34-38-65-61(41-47)57-28-13-15-30-63(57)74(65)53-22-7-3-8-23-53)32-36-59(67)60-37-33-50(44-68(60)76)48-35-39-66-62(42-48)58-29-14-16-31-64(58)75(66)54-24-9-4-10-25-54/h2-44H,1H3. The van der Waals surface area contributed by atoms with Crippen molar-refractivity contribution < 1.29 is 0 Å². The average molecular weight is 971 g/mol. The second kappa shape index (κ2) is 17.5. The molecule has 6 nitrogen and oxygen atoms in total. The fourth-order valence-electron chi connectivity index (χ4n) is 11.7. The minimum absolute atomic E-state index is 0.564. The molecule has 0 spiro atoms. The molecule has 6 heteroatoms. The summed E-state index contributed by atoms with van der Waals surface area (Å²) >= 11 is 0. The van der Waals surface area contributed by atoms with Crippen molar-refractivity contribution in [3.8, 4) is 73.2 Å². The first kappa shape index (κ1) is 43.4. The van der Waals surface area contributed by atoms with Crippen LogP contribution < -0.4 is 0 Å². The van der Waals surface area contributed by atoms with Crippen LogP contribution in [0, 0.1) is 6.92 Å². The number of hydrogen-bond acceptors (Lipinski definition) is 3. The Morgan fingerprint density at radius 2 is 0.671 bits per heavy atom. The van der Waals surface area contributed by atoms with Crippen molar-refractivity contribution >= 4 is 65.4 Å². The molecular formula is C70H46N6. The van der Waals surface area contributed by atoms with Gasteiger partial charge >= 0.3 is 0 Å². The Morgan fingerprint density at radius 1 is 0.250 bits per heavy atom. The van der Waals surface area contributed by atoms with Crippen LogP contribution in [0.25, 0.3) is 139 Å². The van der Waals surface area contributed by atoms with Gasteiger partial charge in [-0.15, -0.1) is 0 Å². The SMILES string of the molecule is Cc1nc(-c2cccc(-c3ccccc3-c3ccccc3)c2)nc(-n2c3cc(-c4ccc5c(c4)c4ccccc4n5-c4ccccc4)ccc3c3ccc(-c4ccc5c(c4)c4ccccc4n5-c4ccccc4)cc32)n1. The first-order valence-electron chi connectivity index (χ1n) is 25.8. The Morgan fingerprint density at radius 3 is 1.24 bits per heavy atom. The van der Waals surface area contributed by atoms with Gasteiger partial charge in [-0.05, 0) is 130 Å². The molecule has 356 valence electrons. The van der Waals surface area contributed by atoms with Crippen molar-refractivity contribution in [1.82, 2.24) is 28.7 Å². The minimum Gasteiger partial charge on any atom is -0.309 e. The summed E-state index contributed by atoms with van der Waals surface area (Å²) in [7, 11) is 0. The van der Waals surface area contributed by atoms with Crippen LogP contribution >= 0.6 is 0 Å². The van der Waals surface area contributed by atoms with E-state index in [0.717, 1.165) is 72.1 Å². The molecule has 0 N–H and O–H groups in total. The van der Waals surface area contributed by atoms with Crippen molar-refractivity contribution in [2.75, 3.05) is 0 Å². The third kappa shape index (κ3) is 7.07. The van der Waals surface area contributed by atoms with Gasteiger partial charge in [-0.1, -0.05) is 182 Å². The van der Waals surface area contributed by atoms with Crippen LogP contribution in [-0.4, -0.2) is 28.7 Å². The van der Waals surface area contributed by atoms with Crippen LogP contribution in [0.3, 0.4) is 0 Å². The van der Waals surface area contributed by atoms with Gasteiger partial charge < -0.3 is 9.13 Å². The lowest BCUT2D eigenvalue weighted by molar-refractivity contribution is 0.907. The fourth-order valence-corrected chi connectivity index (χ4v) is 11.7. The highest BCUT2D eigenvalue weighted by Gasteiger charge is 2.21. The van der Waals surface area contributed by atoms with Crippen molar-refractivity contribution in [1.29, 1.82) is 0 Å². The smallest absolute Gasteiger partial charge is 0.238 e. The number of hydrogen-bond donors (Lipinski definition) is 0. The quantitative estimate of drug-likeness (QED) is 0.152.